The number of hydrogen-bond donors (Lipinski definition) is 2. The first-order valence-electron chi connectivity index (χ1n) is 11.3. The van der Waals surface area contributed by atoms with E-state index in [1.807, 2.05) is 19.9 Å². The first-order valence-corrected chi connectivity index (χ1v) is 13.6. The molecule has 186 valence electrons. The quantitative estimate of drug-likeness (QED) is 0.355. The van der Waals surface area contributed by atoms with Crippen molar-refractivity contribution in [3.63, 3.8) is 0 Å². The van der Waals surface area contributed by atoms with E-state index in [0.717, 1.165) is 5.56 Å². The number of para-hydroxylation sites is 1. The third kappa shape index (κ3) is 4.74. The van der Waals surface area contributed by atoms with E-state index >= 15 is 0 Å². The summed E-state index contributed by atoms with van der Waals surface area (Å²) in [6, 6.07) is 12.8. The number of hydrogen-bond acceptors (Lipinski definition) is 9. The summed E-state index contributed by atoms with van der Waals surface area (Å²) in [5, 5.41) is 12.5. The molecular formula is C24H23N5O5S2. The van der Waals surface area contributed by atoms with E-state index in [4.69, 9.17) is 9.47 Å². The zero-order chi connectivity index (χ0) is 25.3. The number of sulfonamides is 1. The van der Waals surface area contributed by atoms with Crippen molar-refractivity contribution < 1.29 is 22.7 Å². The highest BCUT2D eigenvalue weighted by Crippen LogP contribution is 2.37. The van der Waals surface area contributed by atoms with Crippen LogP contribution in [0.1, 0.15) is 20.3 Å². The molecule has 1 aliphatic heterocycles. The molecule has 2 atom stereocenters. The number of carbonyl (C=O) groups excluding carboxylic acids is 1. The summed E-state index contributed by atoms with van der Waals surface area (Å²) in [4.78, 5) is 17.5. The van der Waals surface area contributed by atoms with Crippen molar-refractivity contribution in [1.82, 2.24) is 19.9 Å². The lowest BCUT2D eigenvalue weighted by Crippen LogP contribution is -2.47. The fourth-order valence-corrected chi connectivity index (χ4v) is 6.02. The van der Waals surface area contributed by atoms with Gasteiger partial charge in [0.25, 0.3) is 0 Å². The van der Waals surface area contributed by atoms with Gasteiger partial charge in [-0.05, 0) is 36.2 Å². The summed E-state index contributed by atoms with van der Waals surface area (Å²) >= 11 is 1.17. The fourth-order valence-electron chi connectivity index (χ4n) is 3.79. The molecule has 0 spiro atoms. The van der Waals surface area contributed by atoms with Crippen molar-refractivity contribution >= 4 is 43.3 Å². The van der Waals surface area contributed by atoms with E-state index in [9.17, 15) is 13.2 Å². The number of nitrogens with one attached hydrogen (secondary N) is 2. The molecular weight excluding hydrogens is 502 g/mol. The molecule has 12 heteroatoms. The summed E-state index contributed by atoms with van der Waals surface area (Å²) in [5.41, 5.74) is 1.10. The van der Waals surface area contributed by atoms with Crippen LogP contribution in [0, 0.1) is 5.92 Å². The number of carbonyl (C=O) groups is 1. The Morgan fingerprint density at radius 1 is 1.11 bits per heavy atom. The maximum Gasteiger partial charge on any atom is 0.244 e. The van der Waals surface area contributed by atoms with Gasteiger partial charge in [0, 0.05) is 17.1 Å². The molecule has 2 N–H and O–H groups in total. The van der Waals surface area contributed by atoms with Crippen LogP contribution in [0.25, 0.3) is 21.5 Å². The van der Waals surface area contributed by atoms with Crippen LogP contribution in [0.2, 0.25) is 0 Å². The Kier molecular flexibility index (Phi) is 6.56. The van der Waals surface area contributed by atoms with Crippen LogP contribution < -0.4 is 19.5 Å². The van der Waals surface area contributed by atoms with Crippen molar-refractivity contribution in [2.75, 3.05) is 12.1 Å². The lowest BCUT2D eigenvalue weighted by molar-refractivity contribution is -0.118. The fraction of sp³-hybridized carbons (Fsp3) is 0.250. The molecule has 2 unspecified atom stereocenters. The van der Waals surface area contributed by atoms with Gasteiger partial charge in [-0.15, -0.1) is 10.2 Å². The largest absolute Gasteiger partial charge is 0.454 e. The van der Waals surface area contributed by atoms with Gasteiger partial charge in [0.1, 0.15) is 15.9 Å². The average Bonchev–Trinajstić information content (AvgIpc) is 3.55. The molecule has 0 aliphatic carbocycles. The number of anilines is 1. The van der Waals surface area contributed by atoms with Gasteiger partial charge in [-0.1, -0.05) is 49.8 Å². The second-order valence-electron chi connectivity index (χ2n) is 8.29. The minimum atomic E-state index is -4.05. The van der Waals surface area contributed by atoms with Crippen molar-refractivity contribution in [2.45, 2.75) is 31.2 Å². The topological polar surface area (TPSA) is 132 Å². The molecule has 0 fully saturated rings. The molecule has 1 amide bonds. The molecule has 3 heterocycles. The van der Waals surface area contributed by atoms with Crippen molar-refractivity contribution in [1.29, 1.82) is 0 Å². The predicted octanol–water partition coefficient (Wildman–Crippen LogP) is 3.81. The SMILES string of the molecule is CCC(C)C(NS(=O)(=O)c1cccc2cccnc12)C(=O)Nc1nnc(-c2ccc3c(c2)OCO3)s1. The number of pyridine rings is 1. The highest BCUT2D eigenvalue weighted by Gasteiger charge is 2.31. The van der Waals surface area contributed by atoms with Crippen LogP contribution in [0.3, 0.4) is 0 Å². The van der Waals surface area contributed by atoms with E-state index in [0.29, 0.717) is 33.8 Å². The number of aromatic nitrogens is 3. The van der Waals surface area contributed by atoms with Crippen LogP contribution in [-0.4, -0.2) is 42.3 Å². The highest BCUT2D eigenvalue weighted by molar-refractivity contribution is 7.89. The molecule has 0 saturated heterocycles. The smallest absolute Gasteiger partial charge is 0.244 e. The van der Waals surface area contributed by atoms with E-state index in [2.05, 4.69) is 25.2 Å². The molecule has 10 nitrogen and oxygen atoms in total. The van der Waals surface area contributed by atoms with Crippen LogP contribution in [0.4, 0.5) is 5.13 Å². The van der Waals surface area contributed by atoms with E-state index in [-0.39, 0.29) is 22.7 Å². The van der Waals surface area contributed by atoms with Crippen LogP contribution in [0.15, 0.2) is 59.6 Å². The van der Waals surface area contributed by atoms with Gasteiger partial charge in [0.2, 0.25) is 27.9 Å². The maximum atomic E-state index is 13.3. The number of fused-ring (bicyclic) bond motifs is 2. The Hall–Kier alpha value is -3.61. The number of amides is 1. The second kappa shape index (κ2) is 9.80. The van der Waals surface area contributed by atoms with Gasteiger partial charge in [0.15, 0.2) is 11.5 Å². The molecule has 0 bridgehead atoms. The molecule has 0 saturated carbocycles. The average molecular weight is 526 g/mol. The second-order valence-corrected chi connectivity index (χ2v) is 10.9. The summed E-state index contributed by atoms with van der Waals surface area (Å²) in [6.07, 6.45) is 2.11. The standard InChI is InChI=1S/C24H23N5O5S2/c1-3-14(2)20(29-36(31,32)19-8-4-6-15-7-5-11-25-21(15)19)22(30)26-24-28-27-23(35-24)16-9-10-17-18(12-16)34-13-33-17/h4-12,14,20,29H,3,13H2,1-2H3,(H,26,28,30). The summed E-state index contributed by atoms with van der Waals surface area (Å²) in [5.74, 6) is 0.461. The summed E-state index contributed by atoms with van der Waals surface area (Å²) in [7, 11) is -4.05. The maximum absolute atomic E-state index is 13.3. The van der Waals surface area contributed by atoms with Gasteiger partial charge >= 0.3 is 0 Å². The minimum Gasteiger partial charge on any atom is -0.454 e. The predicted molar refractivity (Wildman–Crippen MR) is 135 cm³/mol. The monoisotopic (exact) mass is 525 g/mol. The van der Waals surface area contributed by atoms with Gasteiger partial charge in [-0.3, -0.25) is 15.1 Å². The van der Waals surface area contributed by atoms with Crippen LogP contribution in [-0.2, 0) is 14.8 Å². The molecule has 2 aromatic heterocycles. The third-order valence-electron chi connectivity index (χ3n) is 5.94. The lowest BCUT2D eigenvalue weighted by atomic mass is 9.99. The van der Waals surface area contributed by atoms with E-state index in [1.54, 1.807) is 36.4 Å². The number of ether oxygens (including phenoxy) is 2. The van der Waals surface area contributed by atoms with Crippen LogP contribution in [0.5, 0.6) is 11.5 Å². The Morgan fingerprint density at radius 3 is 2.75 bits per heavy atom. The van der Waals surface area contributed by atoms with Crippen LogP contribution >= 0.6 is 11.3 Å². The minimum absolute atomic E-state index is 0.0164. The Balaban J connectivity index is 1.37. The first-order chi connectivity index (χ1) is 17.4. The molecule has 2 aromatic carbocycles. The summed E-state index contributed by atoms with van der Waals surface area (Å²) in [6.45, 7) is 3.87. The Morgan fingerprint density at radius 2 is 1.92 bits per heavy atom. The zero-order valence-corrected chi connectivity index (χ0v) is 21.1. The third-order valence-corrected chi connectivity index (χ3v) is 8.30. The first kappa shape index (κ1) is 24.1. The molecule has 36 heavy (non-hydrogen) atoms. The Bertz CT molecular complexity index is 1530. The Labute approximate surface area is 211 Å². The number of rotatable bonds is 8. The lowest BCUT2D eigenvalue weighted by Gasteiger charge is -2.23. The summed E-state index contributed by atoms with van der Waals surface area (Å²) < 4.78 is 40.0. The molecule has 1 aliphatic rings. The zero-order valence-electron chi connectivity index (χ0n) is 19.5. The van der Waals surface area contributed by atoms with Crippen molar-refractivity contribution in [3.8, 4) is 22.1 Å². The molecule has 4 aromatic rings. The number of benzene rings is 2. The van der Waals surface area contributed by atoms with Crippen molar-refractivity contribution in [3.05, 3.63) is 54.7 Å². The van der Waals surface area contributed by atoms with Gasteiger partial charge in [-0.25, -0.2) is 8.42 Å². The van der Waals surface area contributed by atoms with Gasteiger partial charge in [-0.2, -0.15) is 4.72 Å². The van der Waals surface area contributed by atoms with Gasteiger partial charge < -0.3 is 9.47 Å². The van der Waals surface area contributed by atoms with E-state index < -0.39 is 22.0 Å². The van der Waals surface area contributed by atoms with E-state index in [1.165, 1.54) is 23.6 Å². The molecule has 5 rings (SSSR count). The molecule has 0 radical (unpaired) electrons. The normalized spacial score (nSPS) is 14.5. The van der Waals surface area contributed by atoms with Gasteiger partial charge in [0.05, 0.1) is 5.52 Å². The van der Waals surface area contributed by atoms with Crippen molar-refractivity contribution in [2.24, 2.45) is 5.92 Å². The number of nitrogens with zero attached hydrogens (tertiary/aromatic N) is 3. The highest BCUT2D eigenvalue weighted by atomic mass is 32.2.